The van der Waals surface area contributed by atoms with E-state index in [2.05, 4.69) is 11.1 Å². The molecular weight excluding hydrogens is 266 g/mol. The van der Waals surface area contributed by atoms with E-state index >= 15 is 0 Å². The Labute approximate surface area is 122 Å². The Morgan fingerprint density at radius 1 is 1.33 bits per heavy atom. The third kappa shape index (κ3) is 2.21. The second-order valence-electron chi connectivity index (χ2n) is 5.08. The van der Waals surface area contributed by atoms with Gasteiger partial charge in [0.1, 0.15) is 11.9 Å². The average Bonchev–Trinajstić information content (AvgIpc) is 2.89. The molecule has 0 saturated carbocycles. The van der Waals surface area contributed by atoms with Crippen molar-refractivity contribution in [3.05, 3.63) is 58.3 Å². The molecule has 21 heavy (non-hydrogen) atoms. The van der Waals surface area contributed by atoms with Gasteiger partial charge in [-0.3, -0.25) is 0 Å². The van der Waals surface area contributed by atoms with Gasteiger partial charge in [0.15, 0.2) is 0 Å². The van der Waals surface area contributed by atoms with Crippen LogP contribution in [0.1, 0.15) is 32.6 Å². The van der Waals surface area contributed by atoms with Gasteiger partial charge in [-0.15, -0.1) is 0 Å². The molecule has 1 aromatic heterocycles. The largest absolute Gasteiger partial charge is 0.478 e. The molecule has 0 atom stereocenters. The molecule has 3 rings (SSSR count). The number of aromatic nitrogens is 1. The summed E-state index contributed by atoms with van der Waals surface area (Å²) in [7, 11) is 0. The lowest BCUT2D eigenvalue weighted by Crippen LogP contribution is -2.17. The van der Waals surface area contributed by atoms with Crippen LogP contribution in [0.25, 0.3) is 0 Å². The molecule has 104 valence electrons. The first-order valence-corrected chi connectivity index (χ1v) is 6.56. The third-order valence-electron chi connectivity index (χ3n) is 3.73. The monoisotopic (exact) mass is 279 g/mol. The van der Waals surface area contributed by atoms with E-state index in [1.165, 1.54) is 0 Å². The number of rotatable bonds is 2. The molecule has 0 bridgehead atoms. The van der Waals surface area contributed by atoms with Gasteiger partial charge in [-0.2, -0.15) is 5.26 Å². The van der Waals surface area contributed by atoms with Gasteiger partial charge in [-0.1, -0.05) is 6.07 Å². The molecular formula is C16H13N3O2. The Hall–Kier alpha value is -2.87. The predicted molar refractivity (Wildman–Crippen MR) is 77.0 cm³/mol. The summed E-state index contributed by atoms with van der Waals surface area (Å²) in [5.41, 5.74) is 3.80. The number of carboxylic acid groups (broad SMARTS) is 1. The van der Waals surface area contributed by atoms with Gasteiger partial charge >= 0.3 is 5.97 Å². The second-order valence-corrected chi connectivity index (χ2v) is 5.08. The third-order valence-corrected chi connectivity index (χ3v) is 3.73. The maximum atomic E-state index is 11.0. The summed E-state index contributed by atoms with van der Waals surface area (Å²) in [6.45, 7) is 3.09. The number of aromatic carboxylic acids is 1. The van der Waals surface area contributed by atoms with Crippen LogP contribution >= 0.6 is 0 Å². The average molecular weight is 279 g/mol. The minimum absolute atomic E-state index is 0.285. The summed E-state index contributed by atoms with van der Waals surface area (Å²) >= 11 is 0. The fourth-order valence-electron chi connectivity index (χ4n) is 2.60. The summed E-state index contributed by atoms with van der Waals surface area (Å²) in [5, 5.41) is 18.3. The van der Waals surface area contributed by atoms with Gasteiger partial charge in [0.05, 0.1) is 11.1 Å². The van der Waals surface area contributed by atoms with Crippen molar-refractivity contribution < 1.29 is 9.90 Å². The number of pyridine rings is 1. The zero-order valence-electron chi connectivity index (χ0n) is 11.5. The lowest BCUT2D eigenvalue weighted by atomic mass is 10.1. The number of hydrogen-bond acceptors (Lipinski definition) is 4. The molecule has 2 heterocycles. The van der Waals surface area contributed by atoms with Crippen LogP contribution in [0.4, 0.5) is 5.82 Å². The first-order chi connectivity index (χ1) is 10.1. The Bertz CT molecular complexity index is 778. The number of anilines is 1. The Morgan fingerprint density at radius 3 is 2.81 bits per heavy atom. The summed E-state index contributed by atoms with van der Waals surface area (Å²) < 4.78 is 0. The summed E-state index contributed by atoms with van der Waals surface area (Å²) in [5.74, 6) is -0.270. The molecule has 0 aliphatic carbocycles. The van der Waals surface area contributed by atoms with E-state index in [1.807, 2.05) is 24.0 Å². The highest BCUT2D eigenvalue weighted by molar-refractivity contribution is 5.88. The van der Waals surface area contributed by atoms with Gasteiger partial charge in [0.2, 0.25) is 0 Å². The number of nitriles is 1. The summed E-state index contributed by atoms with van der Waals surface area (Å²) in [6.07, 6.45) is 1.69. The first kappa shape index (κ1) is 13.1. The number of fused-ring (bicyclic) bond motifs is 1. The van der Waals surface area contributed by atoms with Crippen molar-refractivity contribution in [2.45, 2.75) is 20.0 Å². The number of aryl methyl sites for hydroxylation is 1. The molecule has 1 aliphatic rings. The molecule has 0 amide bonds. The summed E-state index contributed by atoms with van der Waals surface area (Å²) in [6, 6.07) is 9.15. The number of benzene rings is 1. The van der Waals surface area contributed by atoms with Crippen LogP contribution < -0.4 is 4.90 Å². The maximum Gasteiger partial charge on any atom is 0.335 e. The van der Waals surface area contributed by atoms with Crippen LogP contribution in [-0.2, 0) is 13.1 Å². The molecule has 5 heteroatoms. The quantitative estimate of drug-likeness (QED) is 0.913. The highest BCUT2D eigenvalue weighted by Gasteiger charge is 2.23. The highest BCUT2D eigenvalue weighted by atomic mass is 16.4. The highest BCUT2D eigenvalue weighted by Crippen LogP contribution is 2.30. The smallest absolute Gasteiger partial charge is 0.335 e. The zero-order chi connectivity index (χ0) is 15.0. The fraction of sp³-hybridized carbons (Fsp3) is 0.188. The van der Waals surface area contributed by atoms with E-state index in [9.17, 15) is 10.1 Å². The van der Waals surface area contributed by atoms with Crippen LogP contribution in [0.15, 0.2) is 30.5 Å². The standard InChI is InChI=1S/C16H13N3O2/c1-10-4-5-18-15(14(10)7-17)19-8-12-3-2-11(16(20)21)6-13(12)9-19/h2-6H,8-9H2,1H3,(H,20,21). The minimum Gasteiger partial charge on any atom is -0.478 e. The molecule has 5 nitrogen and oxygen atoms in total. The van der Waals surface area contributed by atoms with Gasteiger partial charge in [-0.05, 0) is 41.8 Å². The SMILES string of the molecule is Cc1ccnc(N2Cc3ccc(C(=O)O)cc3C2)c1C#N. The molecule has 0 unspecified atom stereocenters. The van der Waals surface area contributed by atoms with E-state index in [1.54, 1.807) is 18.3 Å². The van der Waals surface area contributed by atoms with Crippen molar-refractivity contribution in [1.82, 2.24) is 4.98 Å². The van der Waals surface area contributed by atoms with Crippen molar-refractivity contribution in [3.8, 4) is 6.07 Å². The van der Waals surface area contributed by atoms with E-state index in [4.69, 9.17) is 5.11 Å². The predicted octanol–water partition coefficient (Wildman–Crippen LogP) is 2.48. The Balaban J connectivity index is 1.97. The van der Waals surface area contributed by atoms with E-state index in [-0.39, 0.29) is 5.56 Å². The number of carbonyl (C=O) groups is 1. The van der Waals surface area contributed by atoms with Crippen LogP contribution in [-0.4, -0.2) is 16.1 Å². The Morgan fingerprint density at radius 2 is 2.10 bits per heavy atom. The van der Waals surface area contributed by atoms with Crippen molar-refractivity contribution in [3.63, 3.8) is 0 Å². The Kier molecular flexibility index (Phi) is 3.07. The lowest BCUT2D eigenvalue weighted by Gasteiger charge is -2.18. The minimum atomic E-state index is -0.928. The number of hydrogen-bond donors (Lipinski definition) is 1. The summed E-state index contributed by atoms with van der Waals surface area (Å²) in [4.78, 5) is 17.4. The van der Waals surface area contributed by atoms with Crippen LogP contribution in [0.3, 0.4) is 0 Å². The lowest BCUT2D eigenvalue weighted by molar-refractivity contribution is 0.0697. The van der Waals surface area contributed by atoms with Gasteiger partial charge in [-0.25, -0.2) is 9.78 Å². The van der Waals surface area contributed by atoms with Gasteiger partial charge < -0.3 is 10.0 Å². The van der Waals surface area contributed by atoms with Crippen molar-refractivity contribution >= 4 is 11.8 Å². The number of carboxylic acids is 1. The molecule has 2 aromatic rings. The van der Waals surface area contributed by atoms with Crippen LogP contribution in [0.5, 0.6) is 0 Å². The van der Waals surface area contributed by atoms with Crippen molar-refractivity contribution in [2.24, 2.45) is 0 Å². The van der Waals surface area contributed by atoms with E-state index in [0.29, 0.717) is 24.5 Å². The molecule has 0 radical (unpaired) electrons. The van der Waals surface area contributed by atoms with E-state index < -0.39 is 5.97 Å². The molecule has 0 fully saturated rings. The normalized spacial score (nSPS) is 12.9. The van der Waals surface area contributed by atoms with Crippen LogP contribution in [0.2, 0.25) is 0 Å². The molecule has 1 N–H and O–H groups in total. The van der Waals surface area contributed by atoms with Crippen molar-refractivity contribution in [1.29, 1.82) is 5.26 Å². The topological polar surface area (TPSA) is 77.2 Å². The zero-order valence-corrected chi connectivity index (χ0v) is 11.5. The molecule has 0 spiro atoms. The van der Waals surface area contributed by atoms with Gasteiger partial charge in [0.25, 0.3) is 0 Å². The van der Waals surface area contributed by atoms with Crippen LogP contribution in [0, 0.1) is 18.3 Å². The van der Waals surface area contributed by atoms with Gasteiger partial charge in [0, 0.05) is 19.3 Å². The first-order valence-electron chi connectivity index (χ1n) is 6.56. The molecule has 0 saturated heterocycles. The fourth-order valence-corrected chi connectivity index (χ4v) is 2.60. The van der Waals surface area contributed by atoms with E-state index in [0.717, 1.165) is 16.7 Å². The second kappa shape index (κ2) is 4.91. The maximum absolute atomic E-state index is 11.0. The number of nitrogens with zero attached hydrogens (tertiary/aromatic N) is 3. The van der Waals surface area contributed by atoms with Crippen molar-refractivity contribution in [2.75, 3.05) is 4.90 Å². The molecule has 1 aromatic carbocycles. The molecule has 1 aliphatic heterocycles.